The molecule has 3 aromatic rings. The molecular weight excluding hydrogens is 304 g/mol. The molecule has 3 rings (SSSR count). The van der Waals surface area contributed by atoms with Gasteiger partial charge in [0.2, 0.25) is 0 Å². The number of hydrogen-bond donors (Lipinski definition) is 1. The molecule has 0 unspecified atom stereocenters. The molecule has 0 spiro atoms. The molecule has 0 fully saturated rings. The molecule has 0 amide bonds. The van der Waals surface area contributed by atoms with Crippen LogP contribution in [0, 0.1) is 0 Å². The van der Waals surface area contributed by atoms with Crippen LogP contribution in [0.3, 0.4) is 0 Å². The molecule has 0 radical (unpaired) electrons. The van der Waals surface area contributed by atoms with Gasteiger partial charge in [-0.25, -0.2) is 4.79 Å². The molecule has 1 aromatic carbocycles. The highest BCUT2D eigenvalue weighted by Gasteiger charge is 2.08. The van der Waals surface area contributed by atoms with Crippen LogP contribution < -0.4 is 5.32 Å². The summed E-state index contributed by atoms with van der Waals surface area (Å²) in [6.45, 7) is 1.31. The van der Waals surface area contributed by atoms with E-state index in [1.165, 1.54) is 7.11 Å². The first-order chi connectivity index (χ1) is 11.8. The molecule has 122 valence electrons. The minimum Gasteiger partial charge on any atom is -0.465 e. The van der Waals surface area contributed by atoms with Gasteiger partial charge >= 0.3 is 5.97 Å². The lowest BCUT2D eigenvalue weighted by molar-refractivity contribution is 0.0600. The van der Waals surface area contributed by atoms with Crippen molar-refractivity contribution in [3.05, 3.63) is 77.8 Å². The molecule has 2 heterocycles. The van der Waals surface area contributed by atoms with Crippen LogP contribution in [0.4, 0.5) is 0 Å². The third-order valence-electron chi connectivity index (χ3n) is 3.58. The second kappa shape index (κ2) is 7.57. The van der Waals surface area contributed by atoms with Crippen molar-refractivity contribution in [1.29, 1.82) is 0 Å². The summed E-state index contributed by atoms with van der Waals surface area (Å²) in [4.78, 5) is 15.7. The van der Waals surface area contributed by atoms with Gasteiger partial charge in [0.05, 0.1) is 24.9 Å². The van der Waals surface area contributed by atoms with Gasteiger partial charge in [0.1, 0.15) is 11.5 Å². The predicted molar refractivity (Wildman–Crippen MR) is 90.3 cm³/mol. The number of ether oxygens (including phenoxy) is 1. The van der Waals surface area contributed by atoms with E-state index in [1.807, 2.05) is 42.5 Å². The Labute approximate surface area is 140 Å². The molecule has 24 heavy (non-hydrogen) atoms. The van der Waals surface area contributed by atoms with Crippen molar-refractivity contribution in [3.8, 4) is 11.3 Å². The first-order valence-electron chi connectivity index (χ1n) is 7.64. The van der Waals surface area contributed by atoms with Gasteiger partial charge in [-0.1, -0.05) is 18.2 Å². The summed E-state index contributed by atoms with van der Waals surface area (Å²) in [6, 6.07) is 16.8. The Hall–Kier alpha value is -2.92. The molecule has 0 saturated carbocycles. The molecule has 2 aromatic heterocycles. The van der Waals surface area contributed by atoms with Crippen LogP contribution >= 0.6 is 0 Å². The van der Waals surface area contributed by atoms with E-state index in [4.69, 9.17) is 9.15 Å². The van der Waals surface area contributed by atoms with Crippen LogP contribution in [0.15, 0.2) is 65.2 Å². The third kappa shape index (κ3) is 3.88. The molecule has 0 bridgehead atoms. The fourth-order valence-electron chi connectivity index (χ4n) is 2.33. The Balaban J connectivity index is 1.60. The molecule has 0 atom stereocenters. The quantitative estimate of drug-likeness (QED) is 0.705. The highest BCUT2D eigenvalue weighted by molar-refractivity contribution is 5.89. The summed E-state index contributed by atoms with van der Waals surface area (Å²) in [5.74, 6) is 1.26. The predicted octanol–water partition coefficient (Wildman–Crippen LogP) is 3.42. The van der Waals surface area contributed by atoms with Crippen LogP contribution in [-0.4, -0.2) is 18.1 Å². The number of carbonyl (C=O) groups is 1. The smallest absolute Gasteiger partial charge is 0.337 e. The summed E-state index contributed by atoms with van der Waals surface area (Å²) >= 11 is 0. The van der Waals surface area contributed by atoms with Gasteiger partial charge < -0.3 is 14.5 Å². The minimum absolute atomic E-state index is 0.347. The standard InChI is InChI=1S/C19H18N2O3/c1-23-19(22)15-7-5-14(6-8-15)18-10-9-17(24-18)13-20-12-16-4-2-3-11-21-16/h2-11,20H,12-13H2,1H3. The Morgan fingerprint density at radius 1 is 1.08 bits per heavy atom. The van der Waals surface area contributed by atoms with E-state index in [0.29, 0.717) is 18.7 Å². The van der Waals surface area contributed by atoms with Gasteiger partial charge in [0, 0.05) is 18.3 Å². The molecule has 0 aliphatic rings. The zero-order chi connectivity index (χ0) is 16.8. The molecule has 5 heteroatoms. The van der Waals surface area contributed by atoms with Gasteiger partial charge in [-0.2, -0.15) is 0 Å². The fraction of sp³-hybridized carbons (Fsp3) is 0.158. The van der Waals surface area contributed by atoms with Crippen molar-refractivity contribution >= 4 is 5.97 Å². The van der Waals surface area contributed by atoms with Crippen LogP contribution in [0.2, 0.25) is 0 Å². The van der Waals surface area contributed by atoms with E-state index in [-0.39, 0.29) is 5.97 Å². The number of furan rings is 1. The Morgan fingerprint density at radius 3 is 2.62 bits per heavy atom. The highest BCUT2D eigenvalue weighted by atomic mass is 16.5. The van der Waals surface area contributed by atoms with Crippen LogP contribution in [-0.2, 0) is 17.8 Å². The molecule has 0 aliphatic heterocycles. The monoisotopic (exact) mass is 322 g/mol. The summed E-state index contributed by atoms with van der Waals surface area (Å²) in [5, 5.41) is 3.30. The number of esters is 1. The van der Waals surface area contributed by atoms with Crippen molar-refractivity contribution in [1.82, 2.24) is 10.3 Å². The van der Waals surface area contributed by atoms with Gasteiger partial charge in [0.15, 0.2) is 0 Å². The molecule has 0 saturated heterocycles. The molecule has 1 N–H and O–H groups in total. The average molecular weight is 322 g/mol. The maximum Gasteiger partial charge on any atom is 0.337 e. The number of pyridine rings is 1. The number of hydrogen-bond acceptors (Lipinski definition) is 5. The van der Waals surface area contributed by atoms with E-state index in [2.05, 4.69) is 10.3 Å². The van der Waals surface area contributed by atoms with Gasteiger partial charge in [-0.3, -0.25) is 4.98 Å². The van der Waals surface area contributed by atoms with E-state index in [9.17, 15) is 4.79 Å². The first-order valence-corrected chi connectivity index (χ1v) is 7.64. The van der Waals surface area contributed by atoms with Crippen molar-refractivity contribution in [2.24, 2.45) is 0 Å². The van der Waals surface area contributed by atoms with E-state index in [1.54, 1.807) is 18.3 Å². The number of aromatic nitrogens is 1. The third-order valence-corrected chi connectivity index (χ3v) is 3.58. The minimum atomic E-state index is -0.347. The van der Waals surface area contributed by atoms with Gasteiger partial charge in [-0.05, 0) is 36.4 Å². The van der Waals surface area contributed by atoms with E-state index in [0.717, 1.165) is 22.8 Å². The number of nitrogens with zero attached hydrogens (tertiary/aromatic N) is 1. The number of nitrogens with one attached hydrogen (secondary N) is 1. The second-order valence-corrected chi connectivity index (χ2v) is 5.26. The summed E-state index contributed by atoms with van der Waals surface area (Å²) in [5.41, 5.74) is 2.42. The van der Waals surface area contributed by atoms with Crippen molar-refractivity contribution in [3.63, 3.8) is 0 Å². The Kier molecular flexibility index (Phi) is 5.03. The van der Waals surface area contributed by atoms with Crippen LogP contribution in [0.25, 0.3) is 11.3 Å². The van der Waals surface area contributed by atoms with Crippen molar-refractivity contribution in [2.75, 3.05) is 7.11 Å². The summed E-state index contributed by atoms with van der Waals surface area (Å²) < 4.78 is 10.5. The maximum atomic E-state index is 11.4. The lowest BCUT2D eigenvalue weighted by Gasteiger charge is -2.03. The van der Waals surface area contributed by atoms with Crippen molar-refractivity contribution < 1.29 is 13.9 Å². The zero-order valence-electron chi connectivity index (χ0n) is 13.4. The SMILES string of the molecule is COC(=O)c1ccc(-c2ccc(CNCc3ccccn3)o2)cc1. The number of rotatable bonds is 6. The van der Waals surface area contributed by atoms with Crippen LogP contribution in [0.1, 0.15) is 21.8 Å². The van der Waals surface area contributed by atoms with Gasteiger partial charge in [-0.15, -0.1) is 0 Å². The van der Waals surface area contributed by atoms with Crippen molar-refractivity contribution in [2.45, 2.75) is 13.1 Å². The van der Waals surface area contributed by atoms with Crippen LogP contribution in [0.5, 0.6) is 0 Å². The largest absolute Gasteiger partial charge is 0.465 e. The molecular formula is C19H18N2O3. The van der Waals surface area contributed by atoms with Gasteiger partial charge in [0.25, 0.3) is 0 Å². The lowest BCUT2D eigenvalue weighted by Crippen LogP contribution is -2.12. The number of carbonyl (C=O) groups excluding carboxylic acids is 1. The lowest BCUT2D eigenvalue weighted by atomic mass is 10.1. The molecule has 5 nitrogen and oxygen atoms in total. The first kappa shape index (κ1) is 16.0. The second-order valence-electron chi connectivity index (χ2n) is 5.26. The van der Waals surface area contributed by atoms with E-state index >= 15 is 0 Å². The zero-order valence-corrected chi connectivity index (χ0v) is 13.4. The maximum absolute atomic E-state index is 11.4. The number of benzene rings is 1. The highest BCUT2D eigenvalue weighted by Crippen LogP contribution is 2.22. The summed E-state index contributed by atoms with van der Waals surface area (Å²) in [7, 11) is 1.37. The van der Waals surface area contributed by atoms with E-state index < -0.39 is 0 Å². The Morgan fingerprint density at radius 2 is 1.92 bits per heavy atom. The fourth-order valence-corrected chi connectivity index (χ4v) is 2.33. The Bertz CT molecular complexity index is 795. The summed E-state index contributed by atoms with van der Waals surface area (Å²) in [6.07, 6.45) is 1.78. The number of methoxy groups -OCH3 is 1. The average Bonchev–Trinajstić information content (AvgIpc) is 3.11. The normalized spacial score (nSPS) is 10.5. The topological polar surface area (TPSA) is 64.4 Å². The molecule has 0 aliphatic carbocycles.